The van der Waals surface area contributed by atoms with E-state index in [1.807, 2.05) is 18.2 Å². The van der Waals surface area contributed by atoms with E-state index < -0.39 is 0 Å². The zero-order chi connectivity index (χ0) is 25.4. The fourth-order valence-electron chi connectivity index (χ4n) is 4.78. The molecule has 0 saturated heterocycles. The molecule has 1 aliphatic rings. The van der Waals surface area contributed by atoms with Crippen molar-refractivity contribution < 1.29 is 29.3 Å². The molecule has 8 nitrogen and oxygen atoms in total. The van der Waals surface area contributed by atoms with Crippen LogP contribution in [0.2, 0.25) is 0 Å². The molecular formula is C28H24N2O6. The van der Waals surface area contributed by atoms with E-state index >= 15 is 0 Å². The molecule has 2 N–H and O–H groups in total. The van der Waals surface area contributed by atoms with Gasteiger partial charge in [0.25, 0.3) is 0 Å². The van der Waals surface area contributed by atoms with Crippen LogP contribution >= 0.6 is 0 Å². The summed E-state index contributed by atoms with van der Waals surface area (Å²) in [6, 6.07) is 15.9. The number of amides is 1. The first kappa shape index (κ1) is 23.5. The molecule has 1 aliphatic heterocycles. The number of aromatic nitrogens is 1. The second-order valence-corrected chi connectivity index (χ2v) is 8.38. The Hall–Kier alpha value is -4.27. The van der Waals surface area contributed by atoms with E-state index in [0.717, 1.165) is 10.8 Å². The lowest BCUT2D eigenvalue weighted by Crippen LogP contribution is -2.34. The van der Waals surface area contributed by atoms with Crippen molar-refractivity contribution in [1.29, 1.82) is 0 Å². The first-order valence-corrected chi connectivity index (χ1v) is 11.3. The van der Waals surface area contributed by atoms with Gasteiger partial charge in [0, 0.05) is 11.8 Å². The number of nitrogens with zero attached hydrogens (tertiary/aromatic N) is 2. The number of rotatable bonds is 6. The van der Waals surface area contributed by atoms with Crippen LogP contribution in [0, 0.1) is 0 Å². The number of carbonyl (C=O) groups is 2. The first-order chi connectivity index (χ1) is 17.5. The molecule has 182 valence electrons. The lowest BCUT2D eigenvalue weighted by molar-refractivity contribution is -0.117. The molecule has 0 bridgehead atoms. The molecule has 3 aromatic carbocycles. The monoisotopic (exact) mass is 484 g/mol. The number of hydrogen-bond acceptors (Lipinski definition) is 7. The highest BCUT2D eigenvalue weighted by molar-refractivity contribution is 6.21. The number of methoxy groups -OCH3 is 2. The molecule has 2 heterocycles. The van der Waals surface area contributed by atoms with Crippen molar-refractivity contribution in [2.45, 2.75) is 19.6 Å². The number of para-hydroxylation sites is 1. The Labute approximate surface area is 207 Å². The Morgan fingerprint density at radius 2 is 1.69 bits per heavy atom. The summed E-state index contributed by atoms with van der Waals surface area (Å²) in [6.45, 7) is -0.585. The van der Waals surface area contributed by atoms with E-state index in [4.69, 9.17) is 9.47 Å². The Bertz CT molecular complexity index is 1510. The molecule has 1 amide bonds. The zero-order valence-corrected chi connectivity index (χ0v) is 19.8. The van der Waals surface area contributed by atoms with Gasteiger partial charge < -0.3 is 19.7 Å². The third kappa shape index (κ3) is 3.77. The van der Waals surface area contributed by atoms with Gasteiger partial charge in [-0.3, -0.25) is 14.5 Å². The maximum absolute atomic E-state index is 13.0. The minimum atomic E-state index is -0.369. The topological polar surface area (TPSA) is 109 Å². The molecule has 4 aromatic rings. The van der Waals surface area contributed by atoms with Crippen LogP contribution in [0.1, 0.15) is 27.9 Å². The molecule has 0 unspecified atom stereocenters. The number of pyridine rings is 1. The summed E-state index contributed by atoms with van der Waals surface area (Å²) in [7, 11) is 3.09. The van der Waals surface area contributed by atoms with Crippen LogP contribution in [-0.4, -0.2) is 41.1 Å². The number of hydrogen-bond donors (Lipinski definition) is 2. The van der Waals surface area contributed by atoms with E-state index in [1.165, 1.54) is 4.90 Å². The third-order valence-electron chi connectivity index (χ3n) is 6.44. The number of carbonyl (C=O) groups excluding carboxylic acids is 2. The molecule has 5 rings (SSSR count). The SMILES string of the molecule is COc1cc2cc(CO)c(CO)c(-c3ccnc(N4C(=O)CC(=O)c5ccccc54)c3)c2cc1OC. The number of benzene rings is 3. The molecule has 0 aliphatic carbocycles. The first-order valence-electron chi connectivity index (χ1n) is 11.3. The summed E-state index contributed by atoms with van der Waals surface area (Å²) in [5, 5.41) is 21.9. The number of anilines is 2. The predicted molar refractivity (Wildman–Crippen MR) is 135 cm³/mol. The van der Waals surface area contributed by atoms with Gasteiger partial charge in [-0.1, -0.05) is 12.1 Å². The second kappa shape index (κ2) is 9.41. The highest BCUT2D eigenvalue weighted by Crippen LogP contribution is 2.42. The Balaban J connectivity index is 1.76. The van der Waals surface area contributed by atoms with Gasteiger partial charge in [-0.2, -0.15) is 0 Å². The van der Waals surface area contributed by atoms with Crippen LogP contribution in [0.4, 0.5) is 11.5 Å². The van der Waals surface area contributed by atoms with Crippen LogP contribution < -0.4 is 14.4 Å². The van der Waals surface area contributed by atoms with Gasteiger partial charge in [0.15, 0.2) is 17.3 Å². The van der Waals surface area contributed by atoms with Gasteiger partial charge in [-0.05, 0) is 75.5 Å². The molecule has 0 spiro atoms. The van der Waals surface area contributed by atoms with Crippen LogP contribution in [0.15, 0.2) is 60.8 Å². The Morgan fingerprint density at radius 1 is 0.944 bits per heavy atom. The maximum Gasteiger partial charge on any atom is 0.240 e. The lowest BCUT2D eigenvalue weighted by Gasteiger charge is -2.28. The minimum Gasteiger partial charge on any atom is -0.493 e. The molecule has 0 fully saturated rings. The maximum atomic E-state index is 13.0. The predicted octanol–water partition coefficient (Wildman–Crippen LogP) is 4.15. The standard InChI is InChI=1S/C28H24N2O6/c1-35-24-10-17-9-18(14-31)21(15-32)28(20(17)12-25(24)36-2)16-7-8-29-26(11-16)30-22-6-4-3-5-19(22)23(33)13-27(30)34/h3-12,31-32H,13-15H2,1-2H3. The number of aliphatic hydroxyl groups excluding tert-OH is 2. The fraction of sp³-hybridized carbons (Fsp3) is 0.179. The van der Waals surface area contributed by atoms with Crippen LogP contribution in [0.25, 0.3) is 21.9 Å². The summed E-state index contributed by atoms with van der Waals surface area (Å²) < 4.78 is 11.0. The van der Waals surface area contributed by atoms with Crippen molar-refractivity contribution in [3.05, 3.63) is 77.5 Å². The highest BCUT2D eigenvalue weighted by Gasteiger charge is 2.31. The quantitative estimate of drug-likeness (QED) is 0.396. The van der Waals surface area contributed by atoms with Gasteiger partial charge >= 0.3 is 0 Å². The molecule has 0 atom stereocenters. The molecule has 0 saturated carbocycles. The summed E-state index contributed by atoms with van der Waals surface area (Å²) in [4.78, 5) is 31.3. The zero-order valence-electron chi connectivity index (χ0n) is 19.8. The number of aliphatic hydroxyl groups is 2. The molecule has 36 heavy (non-hydrogen) atoms. The molecular weight excluding hydrogens is 460 g/mol. The third-order valence-corrected chi connectivity index (χ3v) is 6.44. The second-order valence-electron chi connectivity index (χ2n) is 8.38. The van der Waals surface area contributed by atoms with Crippen LogP contribution in [-0.2, 0) is 18.0 Å². The number of fused-ring (bicyclic) bond motifs is 2. The van der Waals surface area contributed by atoms with E-state index in [-0.39, 0.29) is 31.3 Å². The highest BCUT2D eigenvalue weighted by atomic mass is 16.5. The van der Waals surface area contributed by atoms with Crippen molar-refractivity contribution in [2.24, 2.45) is 0 Å². The van der Waals surface area contributed by atoms with E-state index in [9.17, 15) is 19.8 Å². The molecule has 1 aromatic heterocycles. The Morgan fingerprint density at radius 3 is 2.42 bits per heavy atom. The summed E-state index contributed by atoms with van der Waals surface area (Å²) in [5.74, 6) is 0.802. The fourth-order valence-corrected chi connectivity index (χ4v) is 4.78. The van der Waals surface area contributed by atoms with Gasteiger partial charge in [0.2, 0.25) is 5.91 Å². The normalized spacial score (nSPS) is 13.2. The average Bonchev–Trinajstić information content (AvgIpc) is 2.91. The van der Waals surface area contributed by atoms with Gasteiger partial charge in [0.05, 0.1) is 39.5 Å². The number of Topliss-reactive ketones (excluding diaryl/α,β-unsaturated/α-hetero) is 1. The van der Waals surface area contributed by atoms with Crippen molar-refractivity contribution in [1.82, 2.24) is 4.98 Å². The van der Waals surface area contributed by atoms with E-state index in [0.29, 0.717) is 50.8 Å². The summed E-state index contributed by atoms with van der Waals surface area (Å²) in [6.07, 6.45) is 1.33. The summed E-state index contributed by atoms with van der Waals surface area (Å²) in [5.41, 5.74) is 3.41. The largest absolute Gasteiger partial charge is 0.493 e. The average molecular weight is 485 g/mol. The van der Waals surface area contributed by atoms with Crippen molar-refractivity contribution in [3.8, 4) is 22.6 Å². The van der Waals surface area contributed by atoms with Crippen molar-refractivity contribution in [3.63, 3.8) is 0 Å². The minimum absolute atomic E-state index is 0.228. The van der Waals surface area contributed by atoms with Gasteiger partial charge in [-0.25, -0.2) is 4.98 Å². The van der Waals surface area contributed by atoms with Crippen molar-refractivity contribution >= 4 is 34.0 Å². The lowest BCUT2D eigenvalue weighted by atomic mass is 9.90. The summed E-state index contributed by atoms with van der Waals surface area (Å²) >= 11 is 0. The van der Waals surface area contributed by atoms with Gasteiger partial charge in [-0.15, -0.1) is 0 Å². The molecule has 0 radical (unpaired) electrons. The van der Waals surface area contributed by atoms with E-state index in [1.54, 1.807) is 56.8 Å². The number of ketones is 1. The van der Waals surface area contributed by atoms with Crippen LogP contribution in [0.5, 0.6) is 11.5 Å². The molecule has 8 heteroatoms. The smallest absolute Gasteiger partial charge is 0.240 e. The number of ether oxygens (including phenoxy) is 2. The van der Waals surface area contributed by atoms with Crippen LogP contribution in [0.3, 0.4) is 0 Å². The van der Waals surface area contributed by atoms with Gasteiger partial charge in [0.1, 0.15) is 5.82 Å². The Kier molecular flexibility index (Phi) is 6.13. The van der Waals surface area contributed by atoms with E-state index in [2.05, 4.69) is 4.98 Å². The van der Waals surface area contributed by atoms with Crippen molar-refractivity contribution in [2.75, 3.05) is 19.1 Å².